The number of nitrogens with zero attached hydrogens (tertiary/aromatic N) is 2. The van der Waals surface area contributed by atoms with E-state index < -0.39 is 11.5 Å². The Balaban J connectivity index is 1.78. The van der Waals surface area contributed by atoms with Gasteiger partial charge in [0.1, 0.15) is 23.7 Å². The SMILES string of the molecule is Cc1cccc(Cl)c1NC(=O)CN1C(=O)C(c2ccc(F)cc2)=NC1(C)C. The number of hydrogen-bond donors (Lipinski definition) is 1. The number of nitrogens with one attached hydrogen (secondary N) is 1. The Morgan fingerprint density at radius 3 is 2.52 bits per heavy atom. The van der Waals surface area contributed by atoms with E-state index in [1.54, 1.807) is 26.0 Å². The van der Waals surface area contributed by atoms with Crippen LogP contribution in [-0.2, 0) is 9.59 Å². The number of halogens is 2. The second kappa shape index (κ2) is 7.12. The molecule has 0 aromatic heterocycles. The van der Waals surface area contributed by atoms with Crippen LogP contribution in [0.5, 0.6) is 0 Å². The fourth-order valence-electron chi connectivity index (χ4n) is 2.93. The Bertz CT molecular complexity index is 918. The number of para-hydroxylation sites is 1. The zero-order valence-electron chi connectivity index (χ0n) is 15.2. The predicted molar refractivity (Wildman–Crippen MR) is 104 cm³/mol. The highest BCUT2D eigenvalue weighted by Gasteiger charge is 2.41. The van der Waals surface area contributed by atoms with Crippen LogP contribution in [0.1, 0.15) is 25.0 Å². The Morgan fingerprint density at radius 2 is 1.89 bits per heavy atom. The van der Waals surface area contributed by atoms with Gasteiger partial charge in [0.25, 0.3) is 5.91 Å². The van der Waals surface area contributed by atoms with E-state index in [0.29, 0.717) is 16.3 Å². The molecule has 0 atom stereocenters. The molecule has 0 fully saturated rings. The van der Waals surface area contributed by atoms with Crippen LogP contribution in [0.3, 0.4) is 0 Å². The minimum atomic E-state index is -0.895. The number of benzene rings is 2. The number of hydrogen-bond acceptors (Lipinski definition) is 3. The molecule has 0 radical (unpaired) electrons. The number of aliphatic imine (C=N–C) groups is 1. The molecule has 140 valence electrons. The lowest BCUT2D eigenvalue weighted by Crippen LogP contribution is -2.46. The fraction of sp³-hybridized carbons (Fsp3) is 0.250. The van der Waals surface area contributed by atoms with E-state index in [2.05, 4.69) is 10.3 Å². The summed E-state index contributed by atoms with van der Waals surface area (Å²) in [6.45, 7) is 5.15. The van der Waals surface area contributed by atoms with Crippen molar-refractivity contribution in [2.45, 2.75) is 26.4 Å². The number of amides is 2. The quantitative estimate of drug-likeness (QED) is 0.867. The molecule has 0 bridgehead atoms. The molecular formula is C20H19ClFN3O2. The van der Waals surface area contributed by atoms with E-state index in [0.717, 1.165) is 5.56 Å². The van der Waals surface area contributed by atoms with Crippen LogP contribution in [0, 0.1) is 12.7 Å². The van der Waals surface area contributed by atoms with Crippen LogP contribution in [0.4, 0.5) is 10.1 Å². The van der Waals surface area contributed by atoms with Gasteiger partial charge in [0, 0.05) is 5.56 Å². The Labute approximate surface area is 161 Å². The average Bonchev–Trinajstić information content (AvgIpc) is 2.82. The highest BCUT2D eigenvalue weighted by atomic mass is 35.5. The maximum Gasteiger partial charge on any atom is 0.275 e. The number of carbonyl (C=O) groups excluding carboxylic acids is 2. The zero-order valence-corrected chi connectivity index (χ0v) is 16.0. The molecule has 0 spiro atoms. The molecule has 27 heavy (non-hydrogen) atoms. The largest absolute Gasteiger partial charge is 0.323 e. The predicted octanol–water partition coefficient (Wildman–Crippen LogP) is 3.79. The molecular weight excluding hydrogens is 369 g/mol. The molecule has 2 aromatic carbocycles. The number of aryl methyl sites for hydroxylation is 1. The van der Waals surface area contributed by atoms with Gasteiger partial charge in [-0.1, -0.05) is 23.7 Å². The minimum absolute atomic E-state index is 0.176. The summed E-state index contributed by atoms with van der Waals surface area (Å²) in [4.78, 5) is 31.2. The average molecular weight is 388 g/mol. The zero-order chi connectivity index (χ0) is 19.8. The van der Waals surface area contributed by atoms with Crippen molar-refractivity contribution in [3.63, 3.8) is 0 Å². The maximum absolute atomic E-state index is 13.1. The Hall–Kier alpha value is -2.73. The molecule has 2 aromatic rings. The van der Waals surface area contributed by atoms with Crippen molar-refractivity contribution in [1.29, 1.82) is 0 Å². The van der Waals surface area contributed by atoms with E-state index in [9.17, 15) is 14.0 Å². The van der Waals surface area contributed by atoms with E-state index in [4.69, 9.17) is 11.6 Å². The van der Waals surface area contributed by atoms with Crippen LogP contribution in [0.15, 0.2) is 47.5 Å². The molecule has 7 heteroatoms. The van der Waals surface area contributed by atoms with Gasteiger partial charge in [-0.3, -0.25) is 14.6 Å². The molecule has 1 aliphatic rings. The highest BCUT2D eigenvalue weighted by Crippen LogP contribution is 2.28. The summed E-state index contributed by atoms with van der Waals surface area (Å²) >= 11 is 6.14. The van der Waals surface area contributed by atoms with Crippen molar-refractivity contribution in [3.05, 3.63) is 64.4 Å². The van der Waals surface area contributed by atoms with E-state index in [1.807, 2.05) is 13.0 Å². The smallest absolute Gasteiger partial charge is 0.275 e. The van der Waals surface area contributed by atoms with Gasteiger partial charge in [0.15, 0.2) is 0 Å². The minimum Gasteiger partial charge on any atom is -0.323 e. The molecule has 3 rings (SSSR count). The summed E-state index contributed by atoms with van der Waals surface area (Å²) in [5.74, 6) is -1.14. The van der Waals surface area contributed by atoms with Crippen LogP contribution in [0.25, 0.3) is 0 Å². The molecule has 0 unspecified atom stereocenters. The maximum atomic E-state index is 13.1. The van der Waals surface area contributed by atoms with Gasteiger partial charge in [-0.05, 0) is 56.7 Å². The van der Waals surface area contributed by atoms with Gasteiger partial charge in [-0.2, -0.15) is 0 Å². The first-order valence-electron chi connectivity index (χ1n) is 8.42. The van der Waals surface area contributed by atoms with Gasteiger partial charge in [0.2, 0.25) is 5.91 Å². The fourth-order valence-corrected chi connectivity index (χ4v) is 3.20. The number of anilines is 1. The van der Waals surface area contributed by atoms with Gasteiger partial charge >= 0.3 is 0 Å². The van der Waals surface area contributed by atoms with Crippen LogP contribution in [-0.4, -0.2) is 34.6 Å². The topological polar surface area (TPSA) is 61.8 Å². The van der Waals surface area contributed by atoms with E-state index in [-0.39, 0.29) is 24.1 Å². The summed E-state index contributed by atoms with van der Waals surface area (Å²) in [6, 6.07) is 10.9. The second-order valence-electron chi connectivity index (χ2n) is 6.83. The molecule has 0 aliphatic carbocycles. The monoisotopic (exact) mass is 387 g/mol. The summed E-state index contributed by atoms with van der Waals surface area (Å²) in [5, 5.41) is 3.19. The summed E-state index contributed by atoms with van der Waals surface area (Å²) in [7, 11) is 0. The van der Waals surface area contributed by atoms with Gasteiger partial charge < -0.3 is 10.2 Å². The third kappa shape index (κ3) is 3.85. The lowest BCUT2D eigenvalue weighted by Gasteiger charge is -2.29. The van der Waals surface area contributed by atoms with Crippen molar-refractivity contribution >= 4 is 34.8 Å². The Kier molecular flexibility index (Phi) is 5.02. The molecule has 1 heterocycles. The van der Waals surface area contributed by atoms with Crippen molar-refractivity contribution in [2.75, 3.05) is 11.9 Å². The third-order valence-corrected chi connectivity index (χ3v) is 4.71. The molecule has 1 N–H and O–H groups in total. The summed E-state index contributed by atoms with van der Waals surface area (Å²) in [5.41, 5.74) is 1.17. The molecule has 2 amide bonds. The van der Waals surface area contributed by atoms with E-state index >= 15 is 0 Å². The van der Waals surface area contributed by atoms with Crippen molar-refractivity contribution in [3.8, 4) is 0 Å². The van der Waals surface area contributed by atoms with Crippen LogP contribution < -0.4 is 5.32 Å². The first kappa shape index (κ1) is 19.0. The van der Waals surface area contributed by atoms with Crippen molar-refractivity contribution in [1.82, 2.24) is 4.90 Å². The number of rotatable bonds is 4. The Morgan fingerprint density at radius 1 is 1.22 bits per heavy atom. The normalized spacial score (nSPS) is 15.7. The van der Waals surface area contributed by atoms with Crippen molar-refractivity contribution < 1.29 is 14.0 Å². The van der Waals surface area contributed by atoms with Crippen LogP contribution in [0.2, 0.25) is 5.02 Å². The summed E-state index contributed by atoms with van der Waals surface area (Å²) in [6.07, 6.45) is 0. The van der Waals surface area contributed by atoms with Gasteiger partial charge in [0.05, 0.1) is 10.7 Å². The first-order valence-corrected chi connectivity index (χ1v) is 8.79. The lowest BCUT2D eigenvalue weighted by atomic mass is 10.1. The third-order valence-electron chi connectivity index (χ3n) is 4.40. The molecule has 5 nitrogen and oxygen atoms in total. The molecule has 1 aliphatic heterocycles. The lowest BCUT2D eigenvalue weighted by molar-refractivity contribution is -0.131. The highest BCUT2D eigenvalue weighted by molar-refractivity contribution is 6.47. The first-order chi connectivity index (χ1) is 12.7. The standard InChI is InChI=1S/C20H19ClFN3O2/c1-12-5-4-6-15(21)17(12)23-16(26)11-25-19(27)18(24-20(25,2)3)13-7-9-14(22)10-8-13/h4-10H,11H2,1-3H3,(H,23,26). The van der Waals surface area contributed by atoms with Gasteiger partial charge in [-0.15, -0.1) is 0 Å². The summed E-state index contributed by atoms with van der Waals surface area (Å²) < 4.78 is 13.1. The van der Waals surface area contributed by atoms with E-state index in [1.165, 1.54) is 29.2 Å². The molecule has 0 saturated heterocycles. The second-order valence-corrected chi connectivity index (χ2v) is 7.24. The van der Waals surface area contributed by atoms with Crippen molar-refractivity contribution in [2.24, 2.45) is 4.99 Å². The van der Waals surface area contributed by atoms with Gasteiger partial charge in [-0.25, -0.2) is 4.39 Å². The molecule has 0 saturated carbocycles. The number of carbonyl (C=O) groups is 2. The van der Waals surface area contributed by atoms with Crippen LogP contribution >= 0.6 is 11.6 Å².